The number of β-lactam (4-membered cyclic amide) rings is 1. The van der Waals surface area contributed by atoms with E-state index in [2.05, 4.69) is 10.1 Å². The number of ether oxygens (including phenoxy) is 1. The molecule has 2 amide bonds. The normalized spacial score (nSPS) is 22.5. The van der Waals surface area contributed by atoms with Gasteiger partial charge in [-0.25, -0.2) is 14.4 Å². The molecule has 1 saturated heterocycles. The lowest BCUT2D eigenvalue weighted by atomic mass is 9.94. The zero-order valence-electron chi connectivity index (χ0n) is 13.7. The Morgan fingerprint density at radius 2 is 2.08 bits per heavy atom. The molecule has 0 bridgehead atoms. The lowest BCUT2D eigenvalue weighted by Gasteiger charge is -2.41. The standard InChI is InChI=1S/C14H18N2O8S2/c1-2-24-14(23)15-7(11(19)20)5-25-13-8(12(21)22)16-9(18)6(3-4-17)10(16)26-13/h6-7,10,17H,2-5H2,1H3,(H,15,23)(H,19,20)(H,21,22)/t6-,7-,10+/m0/s1. The summed E-state index contributed by atoms with van der Waals surface area (Å²) in [6.45, 7) is 1.48. The van der Waals surface area contributed by atoms with Crippen molar-refractivity contribution in [3.05, 3.63) is 9.93 Å². The fourth-order valence-electron chi connectivity index (χ4n) is 2.51. The minimum atomic E-state index is -1.29. The van der Waals surface area contributed by atoms with E-state index in [9.17, 15) is 29.4 Å². The minimum Gasteiger partial charge on any atom is -0.480 e. The number of hydrogen-bond acceptors (Lipinski definition) is 8. The molecule has 3 atom stereocenters. The number of carbonyl (C=O) groups is 4. The Balaban J connectivity index is 2.07. The Hall–Kier alpha value is -1.92. The summed E-state index contributed by atoms with van der Waals surface area (Å²) in [6.07, 6.45) is -0.644. The Morgan fingerprint density at radius 1 is 1.38 bits per heavy atom. The second-order valence-corrected chi connectivity index (χ2v) is 7.76. The molecule has 2 aliphatic rings. The molecule has 2 heterocycles. The average Bonchev–Trinajstić information content (AvgIpc) is 2.91. The fraction of sp³-hybridized carbons (Fsp3) is 0.571. The molecule has 0 aromatic rings. The first kappa shape index (κ1) is 20.4. The maximum Gasteiger partial charge on any atom is 0.407 e. The number of carboxylic acid groups (broad SMARTS) is 2. The van der Waals surface area contributed by atoms with Gasteiger partial charge in [-0.2, -0.15) is 0 Å². The highest BCUT2D eigenvalue weighted by Gasteiger charge is 2.55. The van der Waals surface area contributed by atoms with Gasteiger partial charge in [0.15, 0.2) is 5.70 Å². The summed E-state index contributed by atoms with van der Waals surface area (Å²) in [6, 6.07) is -1.28. The molecule has 0 aromatic carbocycles. The first-order chi connectivity index (χ1) is 12.3. The van der Waals surface area contributed by atoms with E-state index in [1.54, 1.807) is 6.92 Å². The van der Waals surface area contributed by atoms with E-state index >= 15 is 0 Å². The van der Waals surface area contributed by atoms with Crippen molar-refractivity contribution in [2.24, 2.45) is 5.92 Å². The van der Waals surface area contributed by atoms with Gasteiger partial charge in [-0.3, -0.25) is 9.69 Å². The predicted octanol–water partition coefficient (Wildman–Crippen LogP) is 0.0863. The summed E-state index contributed by atoms with van der Waals surface area (Å²) in [5, 5.41) is 29.4. The second kappa shape index (κ2) is 8.64. The van der Waals surface area contributed by atoms with Crippen molar-refractivity contribution in [3.63, 3.8) is 0 Å². The Labute approximate surface area is 156 Å². The number of fused-ring (bicyclic) bond motifs is 1. The lowest BCUT2D eigenvalue weighted by molar-refractivity contribution is -0.152. The van der Waals surface area contributed by atoms with Crippen LogP contribution in [0.25, 0.3) is 0 Å². The number of nitrogens with zero attached hydrogens (tertiary/aromatic N) is 1. The molecule has 2 aliphatic heterocycles. The number of carbonyl (C=O) groups excluding carboxylic acids is 2. The first-order valence-corrected chi connectivity index (χ1v) is 9.55. The first-order valence-electron chi connectivity index (χ1n) is 7.68. The van der Waals surface area contributed by atoms with E-state index in [0.717, 1.165) is 28.4 Å². The van der Waals surface area contributed by atoms with Crippen molar-refractivity contribution in [1.29, 1.82) is 0 Å². The van der Waals surface area contributed by atoms with Crippen molar-refractivity contribution < 1.29 is 39.2 Å². The fourth-order valence-corrected chi connectivity index (χ4v) is 5.39. The molecule has 0 radical (unpaired) electrons. The summed E-state index contributed by atoms with van der Waals surface area (Å²) < 4.78 is 4.94. The van der Waals surface area contributed by atoms with Crippen molar-refractivity contribution in [2.75, 3.05) is 19.0 Å². The molecule has 10 nitrogen and oxygen atoms in total. The summed E-state index contributed by atoms with van der Waals surface area (Å²) >= 11 is 2.09. The Bertz CT molecular complexity index is 653. The molecule has 0 spiro atoms. The van der Waals surface area contributed by atoms with Crippen LogP contribution < -0.4 is 5.32 Å². The molecule has 2 rings (SSSR count). The summed E-state index contributed by atoms with van der Waals surface area (Å²) in [7, 11) is 0. The van der Waals surface area contributed by atoms with E-state index in [-0.39, 0.29) is 37.0 Å². The van der Waals surface area contributed by atoms with E-state index in [0.29, 0.717) is 4.24 Å². The third-order valence-electron chi connectivity index (χ3n) is 3.70. The van der Waals surface area contributed by atoms with Gasteiger partial charge in [0, 0.05) is 12.4 Å². The van der Waals surface area contributed by atoms with Crippen molar-refractivity contribution in [2.45, 2.75) is 24.8 Å². The molecule has 0 aromatic heterocycles. The SMILES string of the molecule is CCOC(=O)N[C@@H](CSC1=C(C(=O)O)N2C(=O)[C@H](CCO)[C@H]2S1)C(=O)O. The van der Waals surface area contributed by atoms with Gasteiger partial charge < -0.3 is 25.4 Å². The number of aliphatic hydroxyl groups is 1. The summed E-state index contributed by atoms with van der Waals surface area (Å²) in [5.41, 5.74) is -0.190. The van der Waals surface area contributed by atoms with Crippen LogP contribution in [0.3, 0.4) is 0 Å². The highest BCUT2D eigenvalue weighted by molar-refractivity contribution is 8.22. The highest BCUT2D eigenvalue weighted by Crippen LogP contribution is 2.53. The molecule has 26 heavy (non-hydrogen) atoms. The molecule has 0 unspecified atom stereocenters. The topological polar surface area (TPSA) is 153 Å². The third-order valence-corrected chi connectivity index (χ3v) is 6.49. The lowest BCUT2D eigenvalue weighted by Crippen LogP contribution is -2.57. The molecule has 144 valence electrons. The number of hydrogen-bond donors (Lipinski definition) is 4. The Kier molecular flexibility index (Phi) is 6.78. The molecule has 0 aliphatic carbocycles. The number of carboxylic acids is 2. The van der Waals surface area contributed by atoms with Crippen molar-refractivity contribution in [1.82, 2.24) is 10.2 Å². The van der Waals surface area contributed by atoms with Gasteiger partial charge in [-0.1, -0.05) is 11.8 Å². The van der Waals surface area contributed by atoms with Gasteiger partial charge in [-0.05, 0) is 13.3 Å². The van der Waals surface area contributed by atoms with E-state index < -0.39 is 35.4 Å². The summed E-state index contributed by atoms with van der Waals surface area (Å²) in [5.74, 6) is -3.55. The maximum atomic E-state index is 12.1. The van der Waals surface area contributed by atoms with E-state index in [4.69, 9.17) is 5.11 Å². The molecule has 4 N–H and O–H groups in total. The zero-order chi connectivity index (χ0) is 19.4. The number of alkyl carbamates (subject to hydrolysis) is 1. The average molecular weight is 406 g/mol. The van der Waals surface area contributed by atoms with Gasteiger partial charge in [0.05, 0.1) is 22.1 Å². The van der Waals surface area contributed by atoms with Crippen LogP contribution in [0.5, 0.6) is 0 Å². The van der Waals surface area contributed by atoms with Crippen LogP contribution in [-0.2, 0) is 19.1 Å². The molecule has 12 heteroatoms. The number of amides is 2. The van der Waals surface area contributed by atoms with Crippen molar-refractivity contribution >= 4 is 47.5 Å². The Morgan fingerprint density at radius 3 is 2.62 bits per heavy atom. The van der Waals surface area contributed by atoms with Gasteiger partial charge in [0.25, 0.3) is 0 Å². The second-order valence-electron chi connectivity index (χ2n) is 5.34. The van der Waals surface area contributed by atoms with Gasteiger partial charge in [0.2, 0.25) is 5.91 Å². The zero-order valence-corrected chi connectivity index (χ0v) is 15.3. The van der Waals surface area contributed by atoms with Crippen LogP contribution in [0.2, 0.25) is 0 Å². The van der Waals surface area contributed by atoms with Gasteiger partial charge in [-0.15, -0.1) is 11.8 Å². The minimum absolute atomic E-state index is 0.0838. The van der Waals surface area contributed by atoms with Crippen LogP contribution in [-0.4, -0.2) is 74.5 Å². The molecular weight excluding hydrogens is 388 g/mol. The quantitative estimate of drug-likeness (QED) is 0.387. The monoisotopic (exact) mass is 406 g/mol. The maximum absolute atomic E-state index is 12.1. The van der Waals surface area contributed by atoms with Crippen LogP contribution >= 0.6 is 23.5 Å². The van der Waals surface area contributed by atoms with Gasteiger partial charge >= 0.3 is 18.0 Å². The molecule has 0 saturated carbocycles. The smallest absolute Gasteiger partial charge is 0.407 e. The van der Waals surface area contributed by atoms with Crippen LogP contribution in [0, 0.1) is 5.92 Å². The van der Waals surface area contributed by atoms with Crippen molar-refractivity contribution in [3.8, 4) is 0 Å². The van der Waals surface area contributed by atoms with Crippen LogP contribution in [0.4, 0.5) is 4.79 Å². The summed E-state index contributed by atoms with van der Waals surface area (Å²) in [4.78, 5) is 47.4. The highest BCUT2D eigenvalue weighted by atomic mass is 32.2. The number of thioether (sulfide) groups is 2. The number of nitrogens with one attached hydrogen (secondary N) is 1. The largest absolute Gasteiger partial charge is 0.480 e. The third kappa shape index (κ3) is 4.07. The van der Waals surface area contributed by atoms with E-state index in [1.165, 1.54) is 0 Å². The number of aliphatic carboxylic acids is 2. The van der Waals surface area contributed by atoms with Crippen LogP contribution in [0.15, 0.2) is 9.93 Å². The predicted molar refractivity (Wildman–Crippen MR) is 92.1 cm³/mol. The van der Waals surface area contributed by atoms with E-state index in [1.807, 2.05) is 0 Å². The number of rotatable bonds is 9. The number of aliphatic hydroxyl groups excluding tert-OH is 1. The van der Waals surface area contributed by atoms with Gasteiger partial charge in [0.1, 0.15) is 6.04 Å². The van der Waals surface area contributed by atoms with Crippen LogP contribution in [0.1, 0.15) is 13.3 Å². The molecular formula is C14H18N2O8S2. The molecule has 1 fully saturated rings.